The van der Waals surface area contributed by atoms with Crippen molar-refractivity contribution in [2.24, 2.45) is 4.99 Å². The van der Waals surface area contributed by atoms with Gasteiger partial charge in [0.1, 0.15) is 22.4 Å². The number of thiocarbonyl (C=S) groups is 1. The number of benzene rings is 1. The maximum Gasteiger partial charge on any atom is 0.147 e. The van der Waals surface area contributed by atoms with Gasteiger partial charge in [-0.1, -0.05) is 12.2 Å². The zero-order valence-corrected chi connectivity index (χ0v) is 17.3. The topological polar surface area (TPSA) is 55.1 Å². The number of hydrogen-bond acceptors (Lipinski definition) is 5. The summed E-state index contributed by atoms with van der Waals surface area (Å²) in [6.45, 7) is 5.54. The largest absolute Gasteiger partial charge is 0.497 e. The standard InChI is InChI=1S/C20H27N5OS/c1-16(19(14-21)20(27)22-15-23(2)3)24-10-5-11-25(13-12-24)17-6-8-18(26-4)9-7-17/h6-9,15H,5,10-13H2,1-4H3/b19-16-,22-15+. The third-order valence-corrected chi connectivity index (χ3v) is 4.81. The van der Waals surface area contributed by atoms with Gasteiger partial charge in [-0.3, -0.25) is 0 Å². The first kappa shape index (κ1) is 20.7. The van der Waals surface area contributed by atoms with E-state index in [0.717, 1.165) is 44.0 Å². The Balaban J connectivity index is 2.11. The van der Waals surface area contributed by atoms with Crippen LogP contribution in [0.1, 0.15) is 13.3 Å². The molecule has 7 heteroatoms. The van der Waals surface area contributed by atoms with Crippen LogP contribution in [-0.4, -0.2) is 68.5 Å². The Hall–Kier alpha value is -2.59. The normalized spacial score (nSPS) is 15.8. The number of aliphatic imine (C=N–C) groups is 1. The fourth-order valence-corrected chi connectivity index (χ4v) is 3.22. The predicted molar refractivity (Wildman–Crippen MR) is 114 cm³/mol. The SMILES string of the molecule is COc1ccc(N2CCCN(/C(C)=C(/C#N)C(=S)/N=C/N(C)C)CC2)cc1. The molecule has 0 atom stereocenters. The van der Waals surface area contributed by atoms with Crippen molar-refractivity contribution in [3.8, 4) is 11.8 Å². The molecule has 0 amide bonds. The Labute approximate surface area is 167 Å². The maximum absolute atomic E-state index is 9.58. The number of anilines is 1. The smallest absolute Gasteiger partial charge is 0.147 e. The van der Waals surface area contributed by atoms with Crippen LogP contribution in [0.15, 0.2) is 40.5 Å². The lowest BCUT2D eigenvalue weighted by atomic mass is 10.2. The van der Waals surface area contributed by atoms with Crippen LogP contribution >= 0.6 is 12.2 Å². The molecule has 144 valence electrons. The van der Waals surface area contributed by atoms with E-state index < -0.39 is 0 Å². The van der Waals surface area contributed by atoms with Gasteiger partial charge >= 0.3 is 0 Å². The molecule has 0 aliphatic carbocycles. The summed E-state index contributed by atoms with van der Waals surface area (Å²) in [5, 5.41) is 9.58. The van der Waals surface area contributed by atoms with Gasteiger partial charge in [-0.15, -0.1) is 0 Å². The van der Waals surface area contributed by atoms with Crippen molar-refractivity contribution < 1.29 is 4.74 Å². The number of ether oxygens (including phenoxy) is 1. The van der Waals surface area contributed by atoms with Crippen LogP contribution in [0.5, 0.6) is 5.75 Å². The molecule has 6 nitrogen and oxygen atoms in total. The summed E-state index contributed by atoms with van der Waals surface area (Å²) in [6.07, 6.45) is 2.64. The van der Waals surface area contributed by atoms with Gasteiger partial charge in [-0.25, -0.2) is 4.99 Å². The van der Waals surface area contributed by atoms with E-state index in [4.69, 9.17) is 17.0 Å². The van der Waals surface area contributed by atoms with E-state index in [0.29, 0.717) is 10.6 Å². The summed E-state index contributed by atoms with van der Waals surface area (Å²) < 4.78 is 5.24. The molecule has 1 aliphatic heterocycles. The minimum atomic E-state index is 0.333. The van der Waals surface area contributed by atoms with E-state index in [1.807, 2.05) is 33.2 Å². The first-order valence-corrected chi connectivity index (χ1v) is 9.37. The summed E-state index contributed by atoms with van der Waals surface area (Å²) >= 11 is 5.34. The number of allylic oxidation sites excluding steroid dienone is 1. The minimum Gasteiger partial charge on any atom is -0.497 e. The van der Waals surface area contributed by atoms with Gasteiger partial charge in [0.25, 0.3) is 0 Å². The van der Waals surface area contributed by atoms with Gasteiger partial charge in [0.05, 0.1) is 13.4 Å². The average molecular weight is 386 g/mol. The van der Waals surface area contributed by atoms with Crippen LogP contribution < -0.4 is 9.64 Å². The third kappa shape index (κ3) is 5.69. The van der Waals surface area contributed by atoms with Crippen molar-refractivity contribution in [1.82, 2.24) is 9.80 Å². The molecule has 0 unspecified atom stereocenters. The molecule has 1 aliphatic rings. The molecule has 1 heterocycles. The first-order chi connectivity index (χ1) is 13.0. The highest BCUT2D eigenvalue weighted by Gasteiger charge is 2.19. The second-order valence-electron chi connectivity index (χ2n) is 6.61. The number of methoxy groups -OCH3 is 1. The molecule has 2 rings (SSSR count). The summed E-state index contributed by atoms with van der Waals surface area (Å²) in [5.74, 6) is 0.861. The van der Waals surface area contributed by atoms with Crippen molar-refractivity contribution >= 4 is 29.2 Å². The van der Waals surface area contributed by atoms with Crippen molar-refractivity contribution in [1.29, 1.82) is 5.26 Å². The Morgan fingerprint density at radius 3 is 2.52 bits per heavy atom. The number of nitrogens with zero attached hydrogens (tertiary/aromatic N) is 5. The Morgan fingerprint density at radius 1 is 1.22 bits per heavy atom. The van der Waals surface area contributed by atoms with Crippen LogP contribution in [0.4, 0.5) is 5.69 Å². The summed E-state index contributed by atoms with van der Waals surface area (Å²) in [7, 11) is 5.42. The lowest BCUT2D eigenvalue weighted by Gasteiger charge is -2.26. The van der Waals surface area contributed by atoms with Crippen molar-refractivity contribution in [3.63, 3.8) is 0 Å². The molecule has 1 aromatic rings. The highest BCUT2D eigenvalue weighted by molar-refractivity contribution is 7.80. The van der Waals surface area contributed by atoms with Crippen molar-refractivity contribution in [2.75, 3.05) is 52.3 Å². The molecule has 0 aromatic heterocycles. The van der Waals surface area contributed by atoms with Crippen LogP contribution in [0, 0.1) is 11.3 Å². The predicted octanol–water partition coefficient (Wildman–Crippen LogP) is 2.92. The van der Waals surface area contributed by atoms with Crippen LogP contribution in [-0.2, 0) is 0 Å². The second-order valence-corrected chi connectivity index (χ2v) is 7.00. The van der Waals surface area contributed by atoms with Gasteiger partial charge in [0.2, 0.25) is 0 Å². The molecule has 0 N–H and O–H groups in total. The van der Waals surface area contributed by atoms with Gasteiger partial charge in [-0.2, -0.15) is 5.26 Å². The quantitative estimate of drug-likeness (QED) is 0.255. The average Bonchev–Trinajstić information content (AvgIpc) is 2.93. The number of nitriles is 1. The zero-order valence-electron chi connectivity index (χ0n) is 16.5. The van der Waals surface area contributed by atoms with E-state index in [-0.39, 0.29) is 0 Å². The molecular formula is C20H27N5OS. The number of rotatable bonds is 5. The van der Waals surface area contributed by atoms with Crippen LogP contribution in [0.2, 0.25) is 0 Å². The fourth-order valence-electron chi connectivity index (χ4n) is 2.98. The van der Waals surface area contributed by atoms with Crippen molar-refractivity contribution in [2.45, 2.75) is 13.3 Å². The third-order valence-electron chi connectivity index (χ3n) is 4.50. The summed E-state index contributed by atoms with van der Waals surface area (Å²) in [4.78, 5) is 10.9. The lowest BCUT2D eigenvalue weighted by molar-refractivity contribution is 0.369. The second kappa shape index (κ2) is 9.93. The molecular weight excluding hydrogens is 358 g/mol. The number of hydrogen-bond donors (Lipinski definition) is 0. The van der Waals surface area contributed by atoms with Crippen LogP contribution in [0.3, 0.4) is 0 Å². The first-order valence-electron chi connectivity index (χ1n) is 8.96. The molecule has 0 radical (unpaired) electrons. The molecule has 1 fully saturated rings. The van der Waals surface area contributed by atoms with Gasteiger partial charge in [0, 0.05) is 51.7 Å². The minimum absolute atomic E-state index is 0.333. The maximum atomic E-state index is 9.58. The highest BCUT2D eigenvalue weighted by atomic mass is 32.1. The zero-order chi connectivity index (χ0) is 19.8. The van der Waals surface area contributed by atoms with E-state index in [1.165, 1.54) is 5.69 Å². The van der Waals surface area contributed by atoms with Gasteiger partial charge < -0.3 is 19.4 Å². The molecule has 0 saturated carbocycles. The summed E-state index contributed by atoms with van der Waals surface area (Å²) in [5.41, 5.74) is 2.56. The lowest BCUT2D eigenvalue weighted by Crippen LogP contribution is -2.30. The van der Waals surface area contributed by atoms with Gasteiger partial charge in [-0.05, 0) is 37.6 Å². The highest BCUT2D eigenvalue weighted by Crippen LogP contribution is 2.22. The molecule has 0 bridgehead atoms. The fraction of sp³-hybridized carbons (Fsp3) is 0.450. The van der Waals surface area contributed by atoms with E-state index in [9.17, 15) is 5.26 Å². The van der Waals surface area contributed by atoms with Gasteiger partial charge in [0.15, 0.2) is 0 Å². The van der Waals surface area contributed by atoms with E-state index in [2.05, 4.69) is 33.0 Å². The van der Waals surface area contributed by atoms with Crippen LogP contribution in [0.25, 0.3) is 0 Å². The molecule has 0 spiro atoms. The Kier molecular flexibility index (Phi) is 7.62. The molecule has 1 saturated heterocycles. The Morgan fingerprint density at radius 2 is 1.93 bits per heavy atom. The Bertz CT molecular complexity index is 749. The summed E-state index contributed by atoms with van der Waals surface area (Å²) in [6, 6.07) is 10.4. The molecule has 1 aromatic carbocycles. The monoisotopic (exact) mass is 385 g/mol. The van der Waals surface area contributed by atoms with E-state index in [1.54, 1.807) is 18.3 Å². The van der Waals surface area contributed by atoms with Crippen molar-refractivity contribution in [3.05, 3.63) is 35.5 Å². The molecule has 27 heavy (non-hydrogen) atoms. The van der Waals surface area contributed by atoms with E-state index >= 15 is 0 Å².